The van der Waals surface area contributed by atoms with Gasteiger partial charge in [0, 0.05) is 19.7 Å². The predicted octanol–water partition coefficient (Wildman–Crippen LogP) is 15.7. The van der Waals surface area contributed by atoms with Crippen LogP contribution in [0.3, 0.4) is 0 Å². The zero-order valence-corrected chi connectivity index (χ0v) is 42.8. The number of hydrogen-bond donors (Lipinski definition) is 0. The van der Waals surface area contributed by atoms with Crippen LogP contribution < -0.4 is 0 Å². The van der Waals surface area contributed by atoms with Gasteiger partial charge in [0.25, 0.3) is 0 Å². The van der Waals surface area contributed by atoms with E-state index in [-0.39, 0.29) is 6.10 Å². The second-order valence-corrected chi connectivity index (χ2v) is 22.8. The van der Waals surface area contributed by atoms with E-state index >= 15 is 0 Å². The molecule has 2 unspecified atom stereocenters. The van der Waals surface area contributed by atoms with Crippen molar-refractivity contribution in [1.82, 2.24) is 4.90 Å². The average molecular weight is 880 g/mol. The Labute approximate surface area is 391 Å². The minimum atomic E-state index is 0.117. The summed E-state index contributed by atoms with van der Waals surface area (Å²) in [5.74, 6) is 5.41. The molecule has 1 heterocycles. The number of likely N-dealkylation sites (tertiary alicyclic amines) is 1. The average Bonchev–Trinajstić information content (AvgIpc) is 3.86. The summed E-state index contributed by atoms with van der Waals surface area (Å²) in [6.07, 6.45) is 47.4. The first kappa shape index (κ1) is 53.2. The van der Waals surface area contributed by atoms with Crippen molar-refractivity contribution in [1.29, 1.82) is 0 Å². The van der Waals surface area contributed by atoms with Crippen LogP contribution in [0.1, 0.15) is 228 Å². The number of hydrogen-bond acceptors (Lipinski definition) is 5. The van der Waals surface area contributed by atoms with Crippen molar-refractivity contribution < 1.29 is 18.9 Å². The minimum absolute atomic E-state index is 0.117. The summed E-state index contributed by atoms with van der Waals surface area (Å²) in [5, 5.41) is 0. The van der Waals surface area contributed by atoms with Crippen molar-refractivity contribution in [2.45, 2.75) is 240 Å². The number of nitrogens with zero attached hydrogens (tertiary/aromatic N) is 1. The van der Waals surface area contributed by atoms with Gasteiger partial charge >= 0.3 is 0 Å². The molecule has 5 aliphatic rings. The SMILES string of the molecule is CCCCCCCC/C=C\CCCCCCCCOCC(CN1CCC(CCC)C1)OCCOCCO[C@H]1CC[C@@]2(C)C(=CC[C@H]3[C@@H]4CC[C@H](CCCCC(C)C)[C@@]4(C)CC[C@@H]32)C1. The van der Waals surface area contributed by atoms with Crippen LogP contribution >= 0.6 is 0 Å². The zero-order valence-electron chi connectivity index (χ0n) is 42.8. The van der Waals surface area contributed by atoms with E-state index < -0.39 is 0 Å². The molecule has 5 rings (SSSR count). The maximum Gasteiger partial charge on any atom is 0.0936 e. The smallest absolute Gasteiger partial charge is 0.0936 e. The van der Waals surface area contributed by atoms with E-state index in [0.29, 0.717) is 50.0 Å². The molecule has 63 heavy (non-hydrogen) atoms. The van der Waals surface area contributed by atoms with Gasteiger partial charge in [-0.2, -0.15) is 0 Å². The molecule has 0 radical (unpaired) electrons. The third-order valence-electron chi connectivity index (χ3n) is 17.6. The third kappa shape index (κ3) is 17.7. The number of allylic oxidation sites excluding steroid dienone is 3. The summed E-state index contributed by atoms with van der Waals surface area (Å²) in [6, 6.07) is 0. The Morgan fingerprint density at radius 3 is 2.21 bits per heavy atom. The van der Waals surface area contributed by atoms with Gasteiger partial charge in [-0.15, -0.1) is 0 Å². The van der Waals surface area contributed by atoms with Crippen LogP contribution in [-0.4, -0.2) is 76.4 Å². The van der Waals surface area contributed by atoms with Crippen molar-refractivity contribution in [3.63, 3.8) is 0 Å². The topological polar surface area (TPSA) is 40.2 Å². The highest BCUT2D eigenvalue weighted by atomic mass is 16.6. The first-order chi connectivity index (χ1) is 30.8. The minimum Gasteiger partial charge on any atom is -0.379 e. The summed E-state index contributed by atoms with van der Waals surface area (Å²) in [7, 11) is 0. The Morgan fingerprint density at radius 2 is 1.44 bits per heavy atom. The summed E-state index contributed by atoms with van der Waals surface area (Å²) in [6.45, 7) is 22.3. The van der Waals surface area contributed by atoms with Crippen LogP contribution in [-0.2, 0) is 18.9 Å². The zero-order chi connectivity index (χ0) is 44.6. The van der Waals surface area contributed by atoms with Crippen molar-refractivity contribution in [2.24, 2.45) is 46.3 Å². The van der Waals surface area contributed by atoms with Crippen molar-refractivity contribution in [2.75, 3.05) is 59.3 Å². The molecule has 366 valence electrons. The number of ether oxygens (including phenoxy) is 4. The van der Waals surface area contributed by atoms with Crippen LogP contribution in [0, 0.1) is 46.3 Å². The van der Waals surface area contributed by atoms with Crippen molar-refractivity contribution in [3.8, 4) is 0 Å². The standard InChI is InChI=1S/C58H105NO4/c1-7-9-10-11-12-13-14-15-16-17-18-19-20-21-22-25-39-61-47-53(46-59-38-35-49(45-59)26-8-2)63-43-41-60-40-42-62-52-33-36-58(6)51(44-52)29-31-54-55-32-30-50(28-24-23-27-48(3)4)57(55,5)37-34-56(54)58/h15-16,29,48-50,52-56H,7-14,17-28,30-47H2,1-6H3/b16-15-/t49?,50-,52-,53?,54-,55-,56-,57+,58-/m0/s1. The highest BCUT2D eigenvalue weighted by Crippen LogP contribution is 2.67. The van der Waals surface area contributed by atoms with Gasteiger partial charge in [-0.3, -0.25) is 0 Å². The fraction of sp³-hybridized carbons (Fsp3) is 0.931. The quantitative estimate of drug-likeness (QED) is 0.0469. The van der Waals surface area contributed by atoms with E-state index in [0.717, 1.165) is 61.5 Å². The summed E-state index contributed by atoms with van der Waals surface area (Å²) in [4.78, 5) is 2.62. The van der Waals surface area contributed by atoms with Crippen LogP contribution in [0.4, 0.5) is 0 Å². The molecule has 3 saturated carbocycles. The molecule has 4 fully saturated rings. The Balaban J connectivity index is 0.915. The first-order valence-electron chi connectivity index (χ1n) is 28.2. The van der Waals surface area contributed by atoms with Gasteiger partial charge in [0.2, 0.25) is 0 Å². The van der Waals surface area contributed by atoms with E-state index in [9.17, 15) is 0 Å². The molecule has 5 nitrogen and oxygen atoms in total. The van der Waals surface area contributed by atoms with E-state index in [2.05, 4.69) is 64.7 Å². The molecule has 0 bridgehead atoms. The largest absolute Gasteiger partial charge is 0.379 e. The Hall–Kier alpha value is -0.720. The number of unbranched alkanes of at least 4 members (excludes halogenated alkanes) is 13. The van der Waals surface area contributed by atoms with E-state index in [1.54, 1.807) is 5.57 Å². The maximum absolute atomic E-state index is 6.53. The third-order valence-corrected chi connectivity index (χ3v) is 17.6. The summed E-state index contributed by atoms with van der Waals surface area (Å²) in [5.41, 5.74) is 2.72. The van der Waals surface area contributed by atoms with Crippen LogP contribution in [0.15, 0.2) is 23.8 Å². The van der Waals surface area contributed by atoms with E-state index in [1.165, 1.54) is 186 Å². The van der Waals surface area contributed by atoms with E-state index in [4.69, 9.17) is 18.9 Å². The Bertz CT molecular complexity index is 1250. The molecule has 0 amide bonds. The highest BCUT2D eigenvalue weighted by Gasteiger charge is 2.58. The molecular formula is C58H105NO4. The molecule has 1 aliphatic heterocycles. The molecule has 0 aromatic heterocycles. The number of rotatable bonds is 35. The van der Waals surface area contributed by atoms with Crippen LogP contribution in [0.5, 0.6) is 0 Å². The molecule has 0 spiro atoms. The molecule has 4 aliphatic carbocycles. The Kier molecular flexibility index (Phi) is 25.3. The lowest BCUT2D eigenvalue weighted by atomic mass is 9.47. The van der Waals surface area contributed by atoms with Gasteiger partial charge in [-0.05, 0) is 156 Å². The van der Waals surface area contributed by atoms with Crippen molar-refractivity contribution >= 4 is 0 Å². The lowest BCUT2D eigenvalue weighted by Crippen LogP contribution is -2.50. The first-order valence-corrected chi connectivity index (χ1v) is 28.2. The van der Waals surface area contributed by atoms with Crippen LogP contribution in [0.25, 0.3) is 0 Å². The van der Waals surface area contributed by atoms with Gasteiger partial charge in [-0.1, -0.05) is 149 Å². The van der Waals surface area contributed by atoms with Gasteiger partial charge in [0.15, 0.2) is 0 Å². The van der Waals surface area contributed by atoms with Crippen LogP contribution in [0.2, 0.25) is 0 Å². The highest BCUT2D eigenvalue weighted by molar-refractivity contribution is 5.25. The molecular weight excluding hydrogens is 775 g/mol. The Morgan fingerprint density at radius 1 is 0.698 bits per heavy atom. The second kappa shape index (κ2) is 29.9. The van der Waals surface area contributed by atoms with Crippen molar-refractivity contribution in [3.05, 3.63) is 23.8 Å². The lowest BCUT2D eigenvalue weighted by Gasteiger charge is -2.58. The molecule has 9 atom stereocenters. The molecule has 1 saturated heterocycles. The monoisotopic (exact) mass is 880 g/mol. The summed E-state index contributed by atoms with van der Waals surface area (Å²) >= 11 is 0. The number of fused-ring (bicyclic) bond motifs is 5. The lowest BCUT2D eigenvalue weighted by molar-refractivity contribution is -0.0707. The van der Waals surface area contributed by atoms with Gasteiger partial charge in [0.05, 0.1) is 45.2 Å². The molecule has 0 N–H and O–H groups in total. The van der Waals surface area contributed by atoms with Gasteiger partial charge in [-0.25, -0.2) is 0 Å². The normalized spacial score (nSPS) is 30.2. The molecule has 0 aromatic rings. The second-order valence-electron chi connectivity index (χ2n) is 22.8. The summed E-state index contributed by atoms with van der Waals surface area (Å²) < 4.78 is 25.4. The van der Waals surface area contributed by atoms with Gasteiger partial charge in [0.1, 0.15) is 0 Å². The predicted molar refractivity (Wildman–Crippen MR) is 269 cm³/mol. The fourth-order valence-electron chi connectivity index (χ4n) is 13.8. The molecule has 5 heteroatoms. The van der Waals surface area contributed by atoms with Gasteiger partial charge < -0.3 is 23.8 Å². The maximum atomic E-state index is 6.53. The fourth-order valence-corrected chi connectivity index (χ4v) is 13.8. The molecule has 0 aromatic carbocycles. The van der Waals surface area contributed by atoms with E-state index in [1.807, 2.05) is 0 Å².